The SMILES string of the molecule is Cc1cccc(Oc2ncc(Br)cc2[N+](=O)[O-])c1C. The van der Waals surface area contributed by atoms with E-state index in [0.717, 1.165) is 11.1 Å². The topological polar surface area (TPSA) is 65.3 Å². The first-order valence-electron chi connectivity index (χ1n) is 5.53. The van der Waals surface area contributed by atoms with Gasteiger partial charge in [-0.15, -0.1) is 0 Å². The van der Waals surface area contributed by atoms with Crippen LogP contribution in [0.2, 0.25) is 0 Å². The quantitative estimate of drug-likeness (QED) is 0.628. The van der Waals surface area contributed by atoms with Gasteiger partial charge in [-0.25, -0.2) is 4.98 Å². The molecule has 0 N–H and O–H groups in total. The van der Waals surface area contributed by atoms with Crippen LogP contribution in [0.5, 0.6) is 11.6 Å². The van der Waals surface area contributed by atoms with Gasteiger partial charge in [0.2, 0.25) is 0 Å². The molecule has 0 saturated heterocycles. The fraction of sp³-hybridized carbons (Fsp3) is 0.154. The van der Waals surface area contributed by atoms with E-state index in [1.807, 2.05) is 26.0 Å². The first-order chi connectivity index (χ1) is 8.99. The summed E-state index contributed by atoms with van der Waals surface area (Å²) in [6.45, 7) is 3.85. The molecular weight excluding hydrogens is 312 g/mol. The summed E-state index contributed by atoms with van der Waals surface area (Å²) >= 11 is 3.15. The monoisotopic (exact) mass is 322 g/mol. The Morgan fingerprint density at radius 1 is 1.37 bits per heavy atom. The molecular formula is C13H11BrN2O3. The maximum Gasteiger partial charge on any atom is 0.332 e. The molecule has 1 aromatic carbocycles. The van der Waals surface area contributed by atoms with E-state index in [0.29, 0.717) is 10.2 Å². The van der Waals surface area contributed by atoms with Gasteiger partial charge in [0.15, 0.2) is 0 Å². The molecule has 5 nitrogen and oxygen atoms in total. The molecule has 0 aliphatic heterocycles. The van der Waals surface area contributed by atoms with Gasteiger partial charge in [-0.1, -0.05) is 12.1 Å². The number of benzene rings is 1. The molecule has 0 spiro atoms. The van der Waals surface area contributed by atoms with Gasteiger partial charge < -0.3 is 4.74 Å². The average molecular weight is 323 g/mol. The van der Waals surface area contributed by atoms with Gasteiger partial charge in [0.1, 0.15) is 5.75 Å². The number of pyridine rings is 1. The van der Waals surface area contributed by atoms with Crippen LogP contribution in [-0.4, -0.2) is 9.91 Å². The summed E-state index contributed by atoms with van der Waals surface area (Å²) in [5.74, 6) is 0.555. The van der Waals surface area contributed by atoms with Gasteiger partial charge in [-0.3, -0.25) is 10.1 Å². The first-order valence-corrected chi connectivity index (χ1v) is 6.32. The molecule has 1 heterocycles. The van der Waals surface area contributed by atoms with Crippen molar-refractivity contribution in [2.24, 2.45) is 0 Å². The minimum atomic E-state index is -0.516. The van der Waals surface area contributed by atoms with Crippen LogP contribution < -0.4 is 4.74 Å². The van der Waals surface area contributed by atoms with Gasteiger partial charge in [0.25, 0.3) is 5.88 Å². The summed E-state index contributed by atoms with van der Waals surface area (Å²) in [5.41, 5.74) is 1.81. The molecule has 0 unspecified atom stereocenters. The zero-order valence-electron chi connectivity index (χ0n) is 10.4. The summed E-state index contributed by atoms with van der Waals surface area (Å²) < 4.78 is 6.10. The van der Waals surface area contributed by atoms with Gasteiger partial charge in [-0.2, -0.15) is 0 Å². The van der Waals surface area contributed by atoms with Crippen LogP contribution >= 0.6 is 15.9 Å². The van der Waals surface area contributed by atoms with E-state index >= 15 is 0 Å². The highest BCUT2D eigenvalue weighted by molar-refractivity contribution is 9.10. The molecule has 98 valence electrons. The lowest BCUT2D eigenvalue weighted by atomic mass is 10.1. The number of aromatic nitrogens is 1. The number of hydrogen-bond donors (Lipinski definition) is 0. The molecule has 0 fully saturated rings. The van der Waals surface area contributed by atoms with E-state index in [2.05, 4.69) is 20.9 Å². The lowest BCUT2D eigenvalue weighted by molar-refractivity contribution is -0.386. The summed E-state index contributed by atoms with van der Waals surface area (Å²) in [5, 5.41) is 11.0. The lowest BCUT2D eigenvalue weighted by Crippen LogP contribution is -1.97. The Morgan fingerprint density at radius 3 is 2.79 bits per heavy atom. The number of rotatable bonds is 3. The second-order valence-corrected chi connectivity index (χ2v) is 4.95. The number of halogens is 1. The van der Waals surface area contributed by atoms with Crippen LogP contribution in [0.4, 0.5) is 5.69 Å². The van der Waals surface area contributed by atoms with Gasteiger partial charge in [0.05, 0.1) is 4.92 Å². The van der Waals surface area contributed by atoms with Crippen molar-refractivity contribution in [2.75, 3.05) is 0 Å². The Labute approximate surface area is 118 Å². The van der Waals surface area contributed by atoms with Gasteiger partial charge in [0, 0.05) is 16.7 Å². The van der Waals surface area contributed by atoms with Crippen LogP contribution in [0.25, 0.3) is 0 Å². The zero-order valence-corrected chi connectivity index (χ0v) is 12.0. The van der Waals surface area contributed by atoms with E-state index in [1.165, 1.54) is 12.3 Å². The summed E-state index contributed by atoms with van der Waals surface area (Å²) in [7, 11) is 0. The standard InChI is InChI=1S/C13H11BrN2O3/c1-8-4-3-5-12(9(8)2)19-13-11(16(17)18)6-10(14)7-15-13/h3-7H,1-2H3. The minimum absolute atomic E-state index is 0.0121. The molecule has 0 bridgehead atoms. The van der Waals surface area contributed by atoms with Crippen LogP contribution in [0.3, 0.4) is 0 Å². The fourth-order valence-electron chi connectivity index (χ4n) is 1.56. The highest BCUT2D eigenvalue weighted by atomic mass is 79.9. The largest absolute Gasteiger partial charge is 0.433 e. The third-order valence-corrected chi connectivity index (χ3v) is 3.19. The smallest absolute Gasteiger partial charge is 0.332 e. The molecule has 0 aliphatic rings. The van der Waals surface area contributed by atoms with E-state index in [4.69, 9.17) is 4.74 Å². The van der Waals surface area contributed by atoms with Crippen LogP contribution in [0.15, 0.2) is 34.9 Å². The highest BCUT2D eigenvalue weighted by Crippen LogP contribution is 2.33. The summed E-state index contributed by atoms with van der Waals surface area (Å²) in [4.78, 5) is 14.4. The molecule has 2 rings (SSSR count). The van der Waals surface area contributed by atoms with Crippen molar-refractivity contribution < 1.29 is 9.66 Å². The number of aryl methyl sites for hydroxylation is 1. The molecule has 0 amide bonds. The first kappa shape index (κ1) is 13.5. The second-order valence-electron chi connectivity index (χ2n) is 4.04. The van der Waals surface area contributed by atoms with E-state index in [-0.39, 0.29) is 11.6 Å². The van der Waals surface area contributed by atoms with Crippen molar-refractivity contribution in [2.45, 2.75) is 13.8 Å². The molecule has 1 aromatic heterocycles. The molecule has 0 radical (unpaired) electrons. The summed E-state index contributed by atoms with van der Waals surface area (Å²) in [6.07, 6.45) is 1.47. The predicted molar refractivity (Wildman–Crippen MR) is 74.6 cm³/mol. The third-order valence-electron chi connectivity index (χ3n) is 2.76. The number of nitro groups is 1. The fourth-order valence-corrected chi connectivity index (χ4v) is 1.88. The minimum Gasteiger partial charge on any atom is -0.433 e. The molecule has 0 saturated carbocycles. The van der Waals surface area contributed by atoms with Crippen LogP contribution in [0.1, 0.15) is 11.1 Å². The zero-order chi connectivity index (χ0) is 14.0. The Kier molecular flexibility index (Phi) is 3.80. The van der Waals surface area contributed by atoms with Crippen LogP contribution in [0, 0.1) is 24.0 Å². The highest BCUT2D eigenvalue weighted by Gasteiger charge is 2.19. The third kappa shape index (κ3) is 2.90. The Bertz CT molecular complexity index is 644. The Hall–Kier alpha value is -1.95. The predicted octanol–water partition coefficient (Wildman–Crippen LogP) is 4.16. The average Bonchev–Trinajstić information content (AvgIpc) is 2.36. The normalized spacial score (nSPS) is 10.3. The molecule has 2 aromatic rings. The van der Waals surface area contributed by atoms with E-state index in [1.54, 1.807) is 6.07 Å². The molecule has 0 atom stereocenters. The van der Waals surface area contributed by atoms with Crippen molar-refractivity contribution in [1.82, 2.24) is 4.98 Å². The van der Waals surface area contributed by atoms with Gasteiger partial charge >= 0.3 is 5.69 Å². The molecule has 0 aliphatic carbocycles. The van der Waals surface area contributed by atoms with Crippen molar-refractivity contribution in [3.63, 3.8) is 0 Å². The Morgan fingerprint density at radius 2 is 2.11 bits per heavy atom. The van der Waals surface area contributed by atoms with Crippen LogP contribution in [-0.2, 0) is 0 Å². The molecule has 6 heteroatoms. The maximum absolute atomic E-state index is 11.0. The van der Waals surface area contributed by atoms with Crippen molar-refractivity contribution >= 4 is 21.6 Å². The summed E-state index contributed by atoms with van der Waals surface area (Å²) in [6, 6.07) is 6.91. The lowest BCUT2D eigenvalue weighted by Gasteiger charge is -2.09. The van der Waals surface area contributed by atoms with Crippen molar-refractivity contribution in [3.05, 3.63) is 56.2 Å². The van der Waals surface area contributed by atoms with Crippen molar-refractivity contribution in [1.29, 1.82) is 0 Å². The number of hydrogen-bond acceptors (Lipinski definition) is 4. The van der Waals surface area contributed by atoms with E-state index < -0.39 is 4.92 Å². The van der Waals surface area contributed by atoms with Crippen molar-refractivity contribution in [3.8, 4) is 11.6 Å². The number of ether oxygens (including phenoxy) is 1. The Balaban J connectivity index is 2.44. The molecule has 19 heavy (non-hydrogen) atoms. The van der Waals surface area contributed by atoms with E-state index in [9.17, 15) is 10.1 Å². The second kappa shape index (κ2) is 5.36. The number of nitrogens with zero attached hydrogens (tertiary/aromatic N) is 2. The maximum atomic E-state index is 11.0. The van der Waals surface area contributed by atoms with Gasteiger partial charge in [-0.05, 0) is 47.0 Å².